The van der Waals surface area contributed by atoms with E-state index in [1.54, 1.807) is 12.1 Å². The molecule has 2 heterocycles. The van der Waals surface area contributed by atoms with Crippen molar-refractivity contribution in [2.75, 3.05) is 5.32 Å². The molecule has 2 aromatic rings. The first-order valence-corrected chi connectivity index (χ1v) is 5.55. The van der Waals surface area contributed by atoms with Gasteiger partial charge in [0.1, 0.15) is 5.76 Å². The molecule has 1 N–H and O–H groups in total. The van der Waals surface area contributed by atoms with Crippen molar-refractivity contribution in [3.8, 4) is 0 Å². The molecule has 2 aromatic heterocycles. The van der Waals surface area contributed by atoms with Crippen molar-refractivity contribution >= 4 is 23.1 Å². The predicted molar refractivity (Wildman–Crippen MR) is 66.6 cm³/mol. The molecule has 0 saturated carbocycles. The Morgan fingerprint density at radius 1 is 1.61 bits per heavy atom. The predicted octanol–water partition coefficient (Wildman–Crippen LogP) is 3.41. The van der Waals surface area contributed by atoms with Gasteiger partial charge in [-0.2, -0.15) is 0 Å². The Morgan fingerprint density at radius 3 is 3.00 bits per heavy atom. The summed E-state index contributed by atoms with van der Waals surface area (Å²) in [5.41, 5.74) is -0.166. The summed E-state index contributed by atoms with van der Waals surface area (Å²) in [5, 5.41) is 14.0. The molecule has 7 heteroatoms. The Morgan fingerprint density at radius 2 is 2.39 bits per heavy atom. The molecule has 0 spiro atoms. The quantitative estimate of drug-likeness (QED) is 0.678. The number of rotatable bonds is 4. The van der Waals surface area contributed by atoms with Gasteiger partial charge in [0.05, 0.1) is 22.3 Å². The van der Waals surface area contributed by atoms with Crippen LogP contribution in [0, 0.1) is 10.1 Å². The minimum absolute atomic E-state index is 0.160. The Labute approximate surface area is 108 Å². The summed E-state index contributed by atoms with van der Waals surface area (Å²) in [5.74, 6) is 0.828. The third kappa shape index (κ3) is 2.60. The molecule has 18 heavy (non-hydrogen) atoms. The topological polar surface area (TPSA) is 81.2 Å². The highest BCUT2D eigenvalue weighted by Crippen LogP contribution is 2.28. The summed E-state index contributed by atoms with van der Waals surface area (Å²) < 4.78 is 5.21. The summed E-state index contributed by atoms with van der Waals surface area (Å²) in [6.45, 7) is 1.82. The number of aromatic nitrogens is 1. The number of pyridine rings is 1. The maximum atomic E-state index is 10.9. The van der Waals surface area contributed by atoms with Gasteiger partial charge in [-0.15, -0.1) is 0 Å². The average molecular weight is 268 g/mol. The second-order valence-corrected chi connectivity index (χ2v) is 4.10. The van der Waals surface area contributed by atoms with Crippen LogP contribution in [-0.4, -0.2) is 9.91 Å². The fraction of sp³-hybridized carbons (Fsp3) is 0.182. The molecule has 1 atom stereocenters. The van der Waals surface area contributed by atoms with E-state index in [0.717, 1.165) is 0 Å². The van der Waals surface area contributed by atoms with Crippen LogP contribution in [0.1, 0.15) is 18.7 Å². The summed E-state index contributed by atoms with van der Waals surface area (Å²) in [4.78, 5) is 14.3. The monoisotopic (exact) mass is 267 g/mol. The molecule has 0 saturated heterocycles. The van der Waals surface area contributed by atoms with E-state index in [0.29, 0.717) is 5.76 Å². The van der Waals surface area contributed by atoms with Crippen molar-refractivity contribution < 1.29 is 9.34 Å². The molecule has 0 amide bonds. The van der Waals surface area contributed by atoms with Gasteiger partial charge in [0.15, 0.2) is 0 Å². The lowest BCUT2D eigenvalue weighted by Crippen LogP contribution is -2.09. The van der Waals surface area contributed by atoms with Gasteiger partial charge >= 0.3 is 5.69 Å². The van der Waals surface area contributed by atoms with Crippen molar-refractivity contribution in [3.63, 3.8) is 0 Å². The molecule has 0 fully saturated rings. The van der Waals surface area contributed by atoms with Crippen LogP contribution in [0.4, 0.5) is 11.5 Å². The van der Waals surface area contributed by atoms with Gasteiger partial charge in [-0.1, -0.05) is 11.6 Å². The Bertz CT molecular complexity index is 557. The van der Waals surface area contributed by atoms with Gasteiger partial charge in [-0.05, 0) is 19.1 Å². The van der Waals surface area contributed by atoms with Crippen molar-refractivity contribution in [2.24, 2.45) is 0 Å². The molecule has 0 aromatic carbocycles. The van der Waals surface area contributed by atoms with Crippen molar-refractivity contribution in [3.05, 3.63) is 51.6 Å². The van der Waals surface area contributed by atoms with Gasteiger partial charge in [0.2, 0.25) is 5.82 Å². The standard InChI is InChI=1S/C11H10ClN3O3/c1-7(10-3-2-4-18-10)14-11-9(15(16)17)5-8(12)6-13-11/h2-7H,1H3,(H,13,14). The van der Waals surface area contributed by atoms with Crippen LogP contribution in [-0.2, 0) is 0 Å². The fourth-order valence-electron chi connectivity index (χ4n) is 1.49. The van der Waals surface area contributed by atoms with Crippen LogP contribution in [0.25, 0.3) is 0 Å². The van der Waals surface area contributed by atoms with Crippen molar-refractivity contribution in [1.82, 2.24) is 4.98 Å². The molecule has 1 unspecified atom stereocenters. The fourth-order valence-corrected chi connectivity index (χ4v) is 1.64. The van der Waals surface area contributed by atoms with Crippen LogP contribution in [0.15, 0.2) is 35.1 Å². The Kier molecular flexibility index (Phi) is 3.47. The second-order valence-electron chi connectivity index (χ2n) is 3.66. The smallest absolute Gasteiger partial charge is 0.312 e. The van der Waals surface area contributed by atoms with E-state index in [4.69, 9.17) is 16.0 Å². The maximum Gasteiger partial charge on any atom is 0.312 e. The number of anilines is 1. The second kappa shape index (κ2) is 5.05. The maximum absolute atomic E-state index is 10.9. The van der Waals surface area contributed by atoms with Crippen molar-refractivity contribution in [1.29, 1.82) is 0 Å². The molecule has 0 aliphatic carbocycles. The minimum atomic E-state index is -0.532. The van der Waals surface area contributed by atoms with E-state index >= 15 is 0 Å². The molecule has 2 rings (SSSR count). The molecular weight excluding hydrogens is 258 g/mol. The van der Waals surface area contributed by atoms with Crippen LogP contribution < -0.4 is 5.32 Å². The van der Waals surface area contributed by atoms with Gasteiger partial charge in [-0.25, -0.2) is 4.98 Å². The molecular formula is C11H10ClN3O3. The summed E-state index contributed by atoms with van der Waals surface area (Å²) in [6, 6.07) is 4.55. The van der Waals surface area contributed by atoms with E-state index in [-0.39, 0.29) is 22.6 Å². The molecule has 0 bridgehead atoms. The van der Waals surface area contributed by atoms with E-state index in [1.165, 1.54) is 18.5 Å². The number of nitro groups is 1. The number of hydrogen-bond acceptors (Lipinski definition) is 5. The van der Waals surface area contributed by atoms with Crippen molar-refractivity contribution in [2.45, 2.75) is 13.0 Å². The highest BCUT2D eigenvalue weighted by Gasteiger charge is 2.19. The minimum Gasteiger partial charge on any atom is -0.467 e. The van der Waals surface area contributed by atoms with E-state index in [1.807, 2.05) is 6.92 Å². The third-order valence-corrected chi connectivity index (χ3v) is 2.56. The Hall–Kier alpha value is -2.08. The number of nitrogens with one attached hydrogen (secondary N) is 1. The summed E-state index contributed by atoms with van der Waals surface area (Å²) in [7, 11) is 0. The first-order chi connectivity index (χ1) is 8.58. The van der Waals surface area contributed by atoms with Gasteiger partial charge in [0, 0.05) is 12.3 Å². The third-order valence-electron chi connectivity index (χ3n) is 2.35. The normalized spacial score (nSPS) is 12.1. The Balaban J connectivity index is 2.26. The zero-order valence-electron chi connectivity index (χ0n) is 9.46. The first kappa shape index (κ1) is 12.4. The molecule has 6 nitrogen and oxygen atoms in total. The molecule has 0 aliphatic rings. The lowest BCUT2D eigenvalue weighted by atomic mass is 10.2. The van der Waals surface area contributed by atoms with Crippen LogP contribution in [0.5, 0.6) is 0 Å². The van der Waals surface area contributed by atoms with E-state index in [9.17, 15) is 10.1 Å². The first-order valence-electron chi connectivity index (χ1n) is 5.18. The number of halogens is 1. The van der Waals surface area contributed by atoms with Gasteiger partial charge in [0.25, 0.3) is 0 Å². The summed E-state index contributed by atoms with van der Waals surface area (Å²) in [6.07, 6.45) is 2.89. The number of hydrogen-bond donors (Lipinski definition) is 1. The van der Waals surface area contributed by atoms with E-state index in [2.05, 4.69) is 10.3 Å². The molecule has 0 aliphatic heterocycles. The van der Waals surface area contributed by atoms with E-state index < -0.39 is 4.92 Å². The van der Waals surface area contributed by atoms with Crippen LogP contribution in [0.3, 0.4) is 0 Å². The zero-order valence-corrected chi connectivity index (χ0v) is 10.2. The van der Waals surface area contributed by atoms with Gasteiger partial charge < -0.3 is 9.73 Å². The zero-order chi connectivity index (χ0) is 13.1. The molecule has 0 radical (unpaired) electrons. The average Bonchev–Trinajstić information content (AvgIpc) is 2.84. The lowest BCUT2D eigenvalue weighted by molar-refractivity contribution is -0.384. The SMILES string of the molecule is CC(Nc1ncc(Cl)cc1[N+](=O)[O-])c1ccco1. The number of furan rings is 1. The highest BCUT2D eigenvalue weighted by atomic mass is 35.5. The highest BCUT2D eigenvalue weighted by molar-refractivity contribution is 6.30. The van der Waals surface area contributed by atoms with Gasteiger partial charge in [-0.3, -0.25) is 10.1 Å². The lowest BCUT2D eigenvalue weighted by Gasteiger charge is -2.11. The summed E-state index contributed by atoms with van der Waals surface area (Å²) >= 11 is 5.68. The number of nitrogens with zero attached hydrogens (tertiary/aromatic N) is 2. The van der Waals surface area contributed by atoms with Crippen LogP contribution in [0.2, 0.25) is 5.02 Å². The van der Waals surface area contributed by atoms with Crippen LogP contribution >= 0.6 is 11.6 Å². The molecule has 94 valence electrons. The largest absolute Gasteiger partial charge is 0.467 e.